The third kappa shape index (κ3) is 4.64. The molecule has 2 aromatic carbocycles. The van der Waals surface area contributed by atoms with Crippen LogP contribution in [-0.4, -0.2) is 39.8 Å². The summed E-state index contributed by atoms with van der Waals surface area (Å²) in [5, 5.41) is 15.2. The molecule has 1 N–H and O–H groups in total. The third-order valence-electron chi connectivity index (χ3n) is 4.14. The number of ether oxygens (including phenoxy) is 2. The molecule has 0 saturated heterocycles. The number of amides is 1. The van der Waals surface area contributed by atoms with Crippen molar-refractivity contribution in [2.24, 2.45) is 0 Å². The van der Waals surface area contributed by atoms with Crippen LogP contribution in [0.2, 0.25) is 0 Å². The number of nitrogens with zero attached hydrogens (tertiary/aromatic N) is 4. The molecular formula is C20H23N5O3. The quantitative estimate of drug-likeness (QED) is 0.645. The fourth-order valence-electron chi connectivity index (χ4n) is 2.75. The first-order valence-corrected chi connectivity index (χ1v) is 9.04. The summed E-state index contributed by atoms with van der Waals surface area (Å²) in [7, 11) is 1.58. The van der Waals surface area contributed by atoms with E-state index in [-0.39, 0.29) is 18.5 Å². The second-order valence-corrected chi connectivity index (χ2v) is 6.14. The topological polar surface area (TPSA) is 91.2 Å². The average molecular weight is 381 g/mol. The van der Waals surface area contributed by atoms with Gasteiger partial charge in [-0.05, 0) is 42.8 Å². The molecule has 0 aliphatic carbocycles. The minimum Gasteiger partial charge on any atom is -0.493 e. The number of hydrogen-bond donors (Lipinski definition) is 1. The number of tetrazole rings is 1. The Morgan fingerprint density at radius 1 is 1.18 bits per heavy atom. The summed E-state index contributed by atoms with van der Waals surface area (Å²) in [6.45, 7) is 4.33. The summed E-state index contributed by atoms with van der Waals surface area (Å²) in [5.74, 6) is 1.46. The first-order chi connectivity index (χ1) is 13.6. The lowest BCUT2D eigenvalue weighted by molar-refractivity contribution is -0.122. The molecule has 0 spiro atoms. The minimum absolute atomic E-state index is 0.0152. The van der Waals surface area contributed by atoms with Gasteiger partial charge in [-0.1, -0.05) is 30.3 Å². The van der Waals surface area contributed by atoms with Crippen LogP contribution in [0.1, 0.15) is 25.5 Å². The average Bonchev–Trinajstić information content (AvgIpc) is 3.17. The van der Waals surface area contributed by atoms with Crippen LogP contribution in [0.4, 0.5) is 0 Å². The fraction of sp³-hybridized carbons (Fsp3) is 0.300. The normalized spacial score (nSPS) is 11.7. The summed E-state index contributed by atoms with van der Waals surface area (Å²) in [5.41, 5.74) is 1.76. The lowest BCUT2D eigenvalue weighted by Crippen LogP contribution is -2.30. The zero-order chi connectivity index (χ0) is 19.9. The first kappa shape index (κ1) is 19.3. The Morgan fingerprint density at radius 2 is 1.96 bits per heavy atom. The fourth-order valence-corrected chi connectivity index (χ4v) is 2.75. The van der Waals surface area contributed by atoms with Crippen LogP contribution in [-0.2, 0) is 11.3 Å². The van der Waals surface area contributed by atoms with Crippen LogP contribution in [0, 0.1) is 0 Å². The molecule has 28 heavy (non-hydrogen) atoms. The van der Waals surface area contributed by atoms with Crippen LogP contribution in [0.3, 0.4) is 0 Å². The molecule has 8 nitrogen and oxygen atoms in total. The van der Waals surface area contributed by atoms with Gasteiger partial charge >= 0.3 is 0 Å². The molecule has 1 amide bonds. The van der Waals surface area contributed by atoms with Gasteiger partial charge in [0.25, 0.3) is 0 Å². The van der Waals surface area contributed by atoms with Crippen molar-refractivity contribution in [1.29, 1.82) is 0 Å². The summed E-state index contributed by atoms with van der Waals surface area (Å²) >= 11 is 0. The van der Waals surface area contributed by atoms with Gasteiger partial charge in [0.2, 0.25) is 11.7 Å². The molecule has 0 unspecified atom stereocenters. The van der Waals surface area contributed by atoms with E-state index in [4.69, 9.17) is 9.47 Å². The number of carbonyl (C=O) groups excluding carboxylic acids is 1. The smallest absolute Gasteiger partial charge is 0.244 e. The Bertz CT molecular complexity index is 927. The van der Waals surface area contributed by atoms with Gasteiger partial charge in [-0.25, -0.2) is 0 Å². The highest BCUT2D eigenvalue weighted by Crippen LogP contribution is 2.31. The summed E-state index contributed by atoms with van der Waals surface area (Å²) in [6, 6.07) is 15.0. The third-order valence-corrected chi connectivity index (χ3v) is 4.14. The Labute approximate surface area is 163 Å². The molecular weight excluding hydrogens is 358 g/mol. The van der Waals surface area contributed by atoms with Gasteiger partial charge in [0.15, 0.2) is 11.5 Å². The molecule has 3 rings (SSSR count). The van der Waals surface area contributed by atoms with Crippen LogP contribution in [0.5, 0.6) is 11.5 Å². The highest BCUT2D eigenvalue weighted by atomic mass is 16.5. The van der Waals surface area contributed by atoms with Crippen LogP contribution < -0.4 is 14.8 Å². The van der Waals surface area contributed by atoms with Gasteiger partial charge in [0.05, 0.1) is 19.8 Å². The van der Waals surface area contributed by atoms with E-state index in [9.17, 15) is 4.79 Å². The predicted molar refractivity (Wildman–Crippen MR) is 104 cm³/mol. The van der Waals surface area contributed by atoms with E-state index in [2.05, 4.69) is 20.7 Å². The second-order valence-electron chi connectivity index (χ2n) is 6.14. The van der Waals surface area contributed by atoms with E-state index in [0.29, 0.717) is 23.9 Å². The number of benzene rings is 2. The lowest BCUT2D eigenvalue weighted by atomic mass is 10.1. The van der Waals surface area contributed by atoms with Crippen molar-refractivity contribution in [1.82, 2.24) is 25.5 Å². The van der Waals surface area contributed by atoms with Crippen molar-refractivity contribution in [3.8, 4) is 22.9 Å². The molecule has 0 fully saturated rings. The SMILES string of the molecule is CCOc1cc(-c2nnn(CC(=O)N[C@H](C)c3ccccc3)n2)ccc1OC. The van der Waals surface area contributed by atoms with Gasteiger partial charge < -0.3 is 14.8 Å². The van der Waals surface area contributed by atoms with Gasteiger partial charge in [-0.3, -0.25) is 4.79 Å². The zero-order valence-electron chi connectivity index (χ0n) is 16.1. The predicted octanol–water partition coefficient (Wildman–Crippen LogP) is 2.62. The summed E-state index contributed by atoms with van der Waals surface area (Å²) in [4.78, 5) is 13.6. The molecule has 0 radical (unpaired) electrons. The number of methoxy groups -OCH3 is 1. The molecule has 146 valence electrons. The van der Waals surface area contributed by atoms with Crippen molar-refractivity contribution in [2.75, 3.05) is 13.7 Å². The highest BCUT2D eigenvalue weighted by molar-refractivity contribution is 5.76. The van der Waals surface area contributed by atoms with Gasteiger partial charge in [0.1, 0.15) is 6.54 Å². The van der Waals surface area contributed by atoms with Crippen molar-refractivity contribution in [2.45, 2.75) is 26.4 Å². The number of aromatic nitrogens is 4. The molecule has 0 aliphatic rings. The van der Waals surface area contributed by atoms with Gasteiger partial charge in [-0.2, -0.15) is 4.80 Å². The van der Waals surface area contributed by atoms with Crippen molar-refractivity contribution >= 4 is 5.91 Å². The number of nitrogens with one attached hydrogen (secondary N) is 1. The molecule has 0 saturated carbocycles. The molecule has 8 heteroatoms. The van der Waals surface area contributed by atoms with E-state index in [0.717, 1.165) is 11.1 Å². The maximum Gasteiger partial charge on any atom is 0.244 e. The Hall–Kier alpha value is -3.42. The zero-order valence-corrected chi connectivity index (χ0v) is 16.1. The highest BCUT2D eigenvalue weighted by Gasteiger charge is 2.14. The van der Waals surface area contributed by atoms with Crippen molar-refractivity contribution in [3.05, 3.63) is 54.1 Å². The number of rotatable bonds is 8. The maximum atomic E-state index is 12.3. The maximum absolute atomic E-state index is 12.3. The Morgan fingerprint density at radius 3 is 2.68 bits per heavy atom. The van der Waals surface area contributed by atoms with E-state index in [1.54, 1.807) is 19.2 Å². The van der Waals surface area contributed by atoms with Gasteiger partial charge in [0, 0.05) is 5.56 Å². The van der Waals surface area contributed by atoms with Crippen LogP contribution in [0.25, 0.3) is 11.4 Å². The monoisotopic (exact) mass is 381 g/mol. The van der Waals surface area contributed by atoms with E-state index in [1.807, 2.05) is 50.2 Å². The minimum atomic E-state index is -0.190. The van der Waals surface area contributed by atoms with Crippen LogP contribution in [0.15, 0.2) is 48.5 Å². The Kier molecular flexibility index (Phi) is 6.21. The van der Waals surface area contributed by atoms with E-state index >= 15 is 0 Å². The van der Waals surface area contributed by atoms with Crippen LogP contribution >= 0.6 is 0 Å². The van der Waals surface area contributed by atoms with E-state index < -0.39 is 0 Å². The second kappa shape index (κ2) is 8.98. The standard InChI is InChI=1S/C20H23N5O3/c1-4-28-18-12-16(10-11-17(18)27-3)20-22-24-25(23-20)13-19(26)21-14(2)15-8-6-5-7-9-15/h5-12,14H,4,13H2,1-3H3,(H,21,26)/t14-/m1/s1. The molecule has 0 aliphatic heterocycles. The lowest BCUT2D eigenvalue weighted by Gasteiger charge is -2.13. The number of hydrogen-bond acceptors (Lipinski definition) is 6. The number of carbonyl (C=O) groups is 1. The Balaban J connectivity index is 1.67. The largest absolute Gasteiger partial charge is 0.493 e. The van der Waals surface area contributed by atoms with Crippen molar-refractivity contribution in [3.63, 3.8) is 0 Å². The molecule has 1 aromatic heterocycles. The molecule has 3 aromatic rings. The van der Waals surface area contributed by atoms with E-state index in [1.165, 1.54) is 4.80 Å². The summed E-state index contributed by atoms with van der Waals surface area (Å²) < 4.78 is 10.9. The van der Waals surface area contributed by atoms with Gasteiger partial charge in [-0.15, -0.1) is 10.2 Å². The summed E-state index contributed by atoms with van der Waals surface area (Å²) in [6.07, 6.45) is 0. The molecule has 1 atom stereocenters. The molecule has 1 heterocycles. The van der Waals surface area contributed by atoms with Crippen molar-refractivity contribution < 1.29 is 14.3 Å². The molecule has 0 bridgehead atoms. The first-order valence-electron chi connectivity index (χ1n) is 9.04.